The molecule has 0 saturated heterocycles. The minimum Gasteiger partial charge on any atom is -0.282 e. The molecule has 0 unspecified atom stereocenters. The van der Waals surface area contributed by atoms with Gasteiger partial charge in [-0.05, 0) is 40.5 Å². The molecule has 0 saturated carbocycles. The van der Waals surface area contributed by atoms with Crippen LogP contribution in [0.2, 0.25) is 0 Å². The first kappa shape index (κ1) is 32.9. The summed E-state index contributed by atoms with van der Waals surface area (Å²) in [4.78, 5) is -2.41. The number of hydrogen-bond acceptors (Lipinski definition) is 8. The highest BCUT2D eigenvalue weighted by molar-refractivity contribution is 7.86. The van der Waals surface area contributed by atoms with E-state index < -0.39 is 60.1 Å². The fraction of sp³-hybridized carbons (Fsp3) is 0. The molecule has 44 heavy (non-hydrogen) atoms. The van der Waals surface area contributed by atoms with E-state index in [1.807, 2.05) is 0 Å². The molecule has 16 heteroatoms. The van der Waals surface area contributed by atoms with Crippen molar-refractivity contribution in [1.82, 2.24) is 0 Å². The zero-order chi connectivity index (χ0) is 32.5. The molecule has 0 fully saturated rings. The maximum absolute atomic E-state index is 12.6. The predicted octanol–water partition coefficient (Wildman–Crippen LogP) is 4.68. The van der Waals surface area contributed by atoms with Crippen LogP contribution >= 0.6 is 0 Å². The topological polar surface area (TPSA) is 217 Å². The average Bonchev–Trinajstić information content (AvgIpc) is 2.93. The predicted molar refractivity (Wildman–Crippen MR) is 162 cm³/mol. The summed E-state index contributed by atoms with van der Waals surface area (Å²) in [5.74, 6) is 0. The van der Waals surface area contributed by atoms with Crippen molar-refractivity contribution >= 4 is 64.8 Å². The van der Waals surface area contributed by atoms with Crippen LogP contribution in [0, 0.1) is 0 Å². The van der Waals surface area contributed by atoms with Crippen LogP contribution < -0.4 is 0 Å². The van der Waals surface area contributed by atoms with Crippen molar-refractivity contribution in [2.75, 3.05) is 0 Å². The van der Waals surface area contributed by atoms with Crippen LogP contribution in [0.4, 0.5) is 0 Å². The van der Waals surface area contributed by atoms with Crippen molar-refractivity contribution in [3.05, 3.63) is 107 Å². The van der Waals surface area contributed by atoms with Crippen LogP contribution in [0.1, 0.15) is 22.3 Å². The molecule has 0 radical (unpaired) electrons. The molecule has 0 bridgehead atoms. The normalized spacial score (nSPS) is 13.1. The zero-order valence-electron chi connectivity index (χ0n) is 22.1. The zero-order valence-corrected chi connectivity index (χ0v) is 25.3. The third-order valence-corrected chi connectivity index (χ3v) is 9.89. The van der Waals surface area contributed by atoms with Gasteiger partial charge in [0, 0.05) is 11.1 Å². The van der Waals surface area contributed by atoms with Crippen LogP contribution in [-0.4, -0.2) is 51.9 Å². The molecule has 0 amide bonds. The lowest BCUT2D eigenvalue weighted by Gasteiger charge is -2.14. The molecule has 0 spiro atoms. The highest BCUT2D eigenvalue weighted by atomic mass is 32.2. The van der Waals surface area contributed by atoms with Gasteiger partial charge in [0.25, 0.3) is 40.5 Å². The van der Waals surface area contributed by atoms with Crippen LogP contribution in [0.15, 0.2) is 105 Å². The minimum atomic E-state index is -5.08. The lowest BCUT2D eigenvalue weighted by molar-refractivity contribution is 0.480. The molecule has 4 aromatic carbocycles. The quantitative estimate of drug-likeness (QED) is 0.140. The van der Waals surface area contributed by atoms with Crippen molar-refractivity contribution in [2.24, 2.45) is 0 Å². The summed E-state index contributed by atoms with van der Waals surface area (Å²) in [6.07, 6.45) is 4.86. The Labute approximate surface area is 253 Å². The second-order valence-electron chi connectivity index (χ2n) is 9.12. The summed E-state index contributed by atoms with van der Waals surface area (Å²) in [6.45, 7) is 0. The standard InChI is InChI=1S/C28H22O12S4/c29-41(30,31)25-10-3-1-6-20(25)14-12-19-13-17-23(27(18-19)43(35,36)37)24-9-5-8-22(28(24)44(38,39)40)16-15-21-7-2-4-11-26(21)42(32,33)34/h1-18H,(H,29,30,31)(H,32,33,34)(H,35,36,37)(H,38,39,40)/b14-12+,16-15+. The van der Waals surface area contributed by atoms with E-state index in [-0.39, 0.29) is 33.4 Å². The van der Waals surface area contributed by atoms with Gasteiger partial charge in [-0.1, -0.05) is 91.0 Å². The third kappa shape index (κ3) is 7.55. The number of hydrogen-bond donors (Lipinski definition) is 4. The SMILES string of the molecule is O=S(=O)(O)c1ccccc1/C=C/c1ccc(-c2cccc(/C=C/c3ccccc3S(=O)(=O)O)c2S(=O)(=O)O)c(S(=O)(=O)O)c1. The fourth-order valence-corrected chi connectivity index (χ4v) is 7.34. The summed E-state index contributed by atoms with van der Waals surface area (Å²) >= 11 is 0. The lowest BCUT2D eigenvalue weighted by atomic mass is 10.0. The molecule has 4 aromatic rings. The number of benzene rings is 4. The molecule has 4 N–H and O–H groups in total. The van der Waals surface area contributed by atoms with Gasteiger partial charge in [0.05, 0.1) is 0 Å². The second kappa shape index (κ2) is 12.2. The van der Waals surface area contributed by atoms with Gasteiger partial charge >= 0.3 is 0 Å². The summed E-state index contributed by atoms with van der Waals surface area (Å²) in [5.41, 5.74) is -0.690. The first-order valence-corrected chi connectivity index (χ1v) is 17.8. The molecule has 0 aliphatic carbocycles. The molecular formula is C28H22O12S4. The summed E-state index contributed by atoms with van der Waals surface area (Å²) < 4.78 is 136. The molecule has 0 aromatic heterocycles. The maximum atomic E-state index is 12.6. The molecule has 12 nitrogen and oxygen atoms in total. The Morgan fingerprint density at radius 3 is 1.36 bits per heavy atom. The van der Waals surface area contributed by atoms with Gasteiger partial charge in [-0.3, -0.25) is 18.2 Å². The van der Waals surface area contributed by atoms with Crippen LogP contribution in [0.25, 0.3) is 35.4 Å². The first-order valence-electron chi connectivity index (χ1n) is 12.1. The lowest BCUT2D eigenvalue weighted by Crippen LogP contribution is -2.07. The second-order valence-corrected chi connectivity index (χ2v) is 14.7. The van der Waals surface area contributed by atoms with E-state index in [1.54, 1.807) is 0 Å². The van der Waals surface area contributed by atoms with Crippen molar-refractivity contribution in [3.63, 3.8) is 0 Å². The van der Waals surface area contributed by atoms with E-state index in [4.69, 9.17) is 0 Å². The Hall–Kier alpha value is -4.00. The van der Waals surface area contributed by atoms with Gasteiger partial charge in [-0.25, -0.2) is 0 Å². The van der Waals surface area contributed by atoms with Crippen LogP contribution in [-0.2, 0) is 40.5 Å². The monoisotopic (exact) mass is 678 g/mol. The Morgan fingerprint density at radius 1 is 0.409 bits per heavy atom. The summed E-state index contributed by atoms with van der Waals surface area (Å²) in [6, 6.07) is 17.9. The Kier molecular flexibility index (Phi) is 9.11. The molecule has 0 aliphatic heterocycles. The van der Waals surface area contributed by atoms with E-state index in [9.17, 15) is 51.9 Å². The van der Waals surface area contributed by atoms with Crippen molar-refractivity contribution < 1.29 is 51.9 Å². The van der Waals surface area contributed by atoms with E-state index in [2.05, 4.69) is 0 Å². The van der Waals surface area contributed by atoms with Crippen molar-refractivity contribution in [3.8, 4) is 11.1 Å². The fourth-order valence-electron chi connectivity index (χ4n) is 4.34. The smallest absolute Gasteiger partial charge is 0.282 e. The molecule has 0 aliphatic rings. The van der Waals surface area contributed by atoms with Gasteiger partial charge in [0.15, 0.2) is 0 Å². The maximum Gasteiger partial charge on any atom is 0.295 e. The highest BCUT2D eigenvalue weighted by Gasteiger charge is 2.25. The Morgan fingerprint density at radius 2 is 0.864 bits per heavy atom. The van der Waals surface area contributed by atoms with Gasteiger partial charge < -0.3 is 0 Å². The molecule has 4 rings (SSSR count). The minimum absolute atomic E-state index is 0.0213. The van der Waals surface area contributed by atoms with E-state index in [0.717, 1.165) is 30.3 Å². The Balaban J connectivity index is 1.89. The van der Waals surface area contributed by atoms with Gasteiger partial charge in [0.2, 0.25) is 0 Å². The first-order chi connectivity index (χ1) is 20.4. The molecule has 0 atom stereocenters. The third-order valence-electron chi connectivity index (χ3n) is 6.17. The molecule has 0 heterocycles. The van der Waals surface area contributed by atoms with E-state index >= 15 is 0 Å². The van der Waals surface area contributed by atoms with Gasteiger partial charge in [-0.2, -0.15) is 33.7 Å². The molecule has 230 valence electrons. The van der Waals surface area contributed by atoms with Crippen molar-refractivity contribution in [2.45, 2.75) is 19.6 Å². The largest absolute Gasteiger partial charge is 0.295 e. The van der Waals surface area contributed by atoms with E-state index in [1.165, 1.54) is 78.9 Å². The number of rotatable bonds is 9. The van der Waals surface area contributed by atoms with Crippen molar-refractivity contribution in [1.29, 1.82) is 0 Å². The van der Waals surface area contributed by atoms with Crippen LogP contribution in [0.5, 0.6) is 0 Å². The Bertz CT molecular complexity index is 2270. The average molecular weight is 679 g/mol. The van der Waals surface area contributed by atoms with Gasteiger partial charge in [0.1, 0.15) is 19.6 Å². The summed E-state index contributed by atoms with van der Waals surface area (Å²) in [7, 11) is -19.3. The summed E-state index contributed by atoms with van der Waals surface area (Å²) in [5, 5.41) is 0. The van der Waals surface area contributed by atoms with E-state index in [0.29, 0.717) is 0 Å². The highest BCUT2D eigenvalue weighted by Crippen LogP contribution is 2.36. The van der Waals surface area contributed by atoms with Gasteiger partial charge in [-0.15, -0.1) is 0 Å². The van der Waals surface area contributed by atoms with Crippen LogP contribution in [0.3, 0.4) is 0 Å². The molecular weight excluding hydrogens is 657 g/mol.